The summed E-state index contributed by atoms with van der Waals surface area (Å²) >= 11 is 0. The molecule has 1 aromatic carbocycles. The quantitative estimate of drug-likeness (QED) is 0.559. The highest BCUT2D eigenvalue weighted by Gasteiger charge is 2.26. The van der Waals surface area contributed by atoms with Crippen LogP contribution in [0.4, 0.5) is 0 Å². The Morgan fingerprint density at radius 1 is 1.11 bits per heavy atom. The number of guanidine groups is 1. The first-order chi connectivity index (χ1) is 13.7. The lowest BCUT2D eigenvalue weighted by Crippen LogP contribution is -2.51. The van der Waals surface area contributed by atoms with Crippen molar-refractivity contribution in [3.63, 3.8) is 0 Å². The van der Waals surface area contributed by atoms with Crippen LogP contribution in [0.5, 0.6) is 0 Å². The third kappa shape index (κ3) is 5.95. The van der Waals surface area contributed by atoms with Gasteiger partial charge in [-0.15, -0.1) is 0 Å². The topological polar surface area (TPSA) is 42.9 Å². The van der Waals surface area contributed by atoms with Crippen LogP contribution >= 0.6 is 0 Å². The van der Waals surface area contributed by atoms with Gasteiger partial charge in [-0.25, -0.2) is 0 Å². The second-order valence-electron chi connectivity index (χ2n) is 8.32. The zero-order valence-corrected chi connectivity index (χ0v) is 18.0. The molecule has 3 atom stereocenters. The Morgan fingerprint density at radius 3 is 2.64 bits per heavy atom. The molecule has 0 saturated carbocycles. The molecule has 0 spiro atoms. The van der Waals surface area contributed by atoms with Crippen molar-refractivity contribution in [2.24, 2.45) is 4.99 Å². The van der Waals surface area contributed by atoms with Crippen LogP contribution in [-0.2, 0) is 6.54 Å². The van der Waals surface area contributed by atoms with Gasteiger partial charge >= 0.3 is 0 Å². The van der Waals surface area contributed by atoms with Crippen LogP contribution in [0, 0.1) is 0 Å². The Kier molecular flexibility index (Phi) is 8.16. The number of likely N-dealkylation sites (tertiary alicyclic amines) is 2. The number of nitrogens with one attached hydrogen (secondary N) is 2. The van der Waals surface area contributed by atoms with Crippen molar-refractivity contribution < 1.29 is 0 Å². The van der Waals surface area contributed by atoms with E-state index < -0.39 is 0 Å². The minimum absolute atomic E-state index is 0.505. The molecule has 2 saturated heterocycles. The van der Waals surface area contributed by atoms with Crippen LogP contribution in [-0.4, -0.2) is 66.6 Å². The van der Waals surface area contributed by atoms with Gasteiger partial charge in [0.1, 0.15) is 0 Å². The van der Waals surface area contributed by atoms with E-state index in [2.05, 4.69) is 71.5 Å². The van der Waals surface area contributed by atoms with Crippen molar-refractivity contribution in [1.82, 2.24) is 20.4 Å². The molecule has 0 radical (unpaired) electrons. The Balaban J connectivity index is 1.50. The van der Waals surface area contributed by atoms with Crippen molar-refractivity contribution in [2.75, 3.05) is 32.7 Å². The molecule has 5 nitrogen and oxygen atoms in total. The molecule has 156 valence electrons. The van der Waals surface area contributed by atoms with E-state index in [1.165, 1.54) is 37.8 Å². The minimum Gasteiger partial charge on any atom is -0.357 e. The fraction of sp³-hybridized carbons (Fsp3) is 0.696. The van der Waals surface area contributed by atoms with Gasteiger partial charge in [-0.1, -0.05) is 37.3 Å². The molecule has 2 aliphatic rings. The van der Waals surface area contributed by atoms with Crippen LogP contribution in [0.15, 0.2) is 35.3 Å². The highest BCUT2D eigenvalue weighted by atomic mass is 15.2. The maximum absolute atomic E-state index is 4.94. The summed E-state index contributed by atoms with van der Waals surface area (Å²) in [5, 5.41) is 7.18. The number of piperidine rings is 1. The summed E-state index contributed by atoms with van der Waals surface area (Å²) in [5.41, 5.74) is 1.41. The summed E-state index contributed by atoms with van der Waals surface area (Å²) in [6.45, 7) is 13.2. The predicted molar refractivity (Wildman–Crippen MR) is 119 cm³/mol. The normalized spacial score (nSPS) is 27.1. The second kappa shape index (κ2) is 10.8. The summed E-state index contributed by atoms with van der Waals surface area (Å²) in [5.74, 6) is 0.999. The molecule has 1 aromatic rings. The molecule has 5 heteroatoms. The average Bonchev–Trinajstić information content (AvgIpc) is 3.17. The first-order valence-electron chi connectivity index (χ1n) is 11.3. The van der Waals surface area contributed by atoms with Crippen molar-refractivity contribution in [3.8, 4) is 0 Å². The molecule has 3 unspecified atom stereocenters. The number of benzene rings is 1. The SMILES string of the molecule is CCNC(=NCC1CCCN1CC)NC1CCN(Cc2ccccc2)C(C)C1. The number of hydrogen-bond acceptors (Lipinski definition) is 3. The van der Waals surface area contributed by atoms with E-state index in [9.17, 15) is 0 Å². The fourth-order valence-electron chi connectivity index (χ4n) is 4.63. The standard InChI is InChI=1S/C23H39N5/c1-4-24-23(25-17-22-12-9-14-27(22)5-2)26-21-13-15-28(19(3)16-21)18-20-10-7-6-8-11-20/h6-8,10-11,19,21-22H,4-5,9,12-18H2,1-3H3,(H2,24,25,26). The van der Waals surface area contributed by atoms with Gasteiger partial charge in [0.05, 0.1) is 6.54 Å². The van der Waals surface area contributed by atoms with E-state index in [0.29, 0.717) is 18.1 Å². The van der Waals surface area contributed by atoms with Gasteiger partial charge in [0.25, 0.3) is 0 Å². The maximum Gasteiger partial charge on any atom is 0.191 e. The number of rotatable bonds is 7. The van der Waals surface area contributed by atoms with Crippen LogP contribution in [0.25, 0.3) is 0 Å². The third-order valence-electron chi connectivity index (χ3n) is 6.29. The largest absolute Gasteiger partial charge is 0.357 e. The first-order valence-corrected chi connectivity index (χ1v) is 11.3. The van der Waals surface area contributed by atoms with Crippen LogP contribution in [0.1, 0.15) is 52.0 Å². The number of hydrogen-bond donors (Lipinski definition) is 2. The molecular formula is C23H39N5. The Hall–Kier alpha value is -1.59. The van der Waals surface area contributed by atoms with Crippen LogP contribution in [0.2, 0.25) is 0 Å². The monoisotopic (exact) mass is 385 g/mol. The minimum atomic E-state index is 0.505. The van der Waals surface area contributed by atoms with Gasteiger partial charge in [-0.05, 0) is 58.2 Å². The van der Waals surface area contributed by atoms with E-state index in [-0.39, 0.29) is 0 Å². The van der Waals surface area contributed by atoms with Gasteiger partial charge in [-0.2, -0.15) is 0 Å². The van der Waals surface area contributed by atoms with E-state index in [1.807, 2.05) is 0 Å². The third-order valence-corrected chi connectivity index (χ3v) is 6.29. The summed E-state index contributed by atoms with van der Waals surface area (Å²) in [7, 11) is 0. The van der Waals surface area contributed by atoms with Crippen molar-refractivity contribution in [2.45, 2.75) is 71.1 Å². The fourth-order valence-corrected chi connectivity index (χ4v) is 4.63. The molecule has 2 fully saturated rings. The van der Waals surface area contributed by atoms with Crippen molar-refractivity contribution >= 4 is 5.96 Å². The van der Waals surface area contributed by atoms with E-state index in [1.54, 1.807) is 0 Å². The Morgan fingerprint density at radius 2 is 1.93 bits per heavy atom. The molecule has 2 aliphatic heterocycles. The van der Waals surface area contributed by atoms with Crippen molar-refractivity contribution in [1.29, 1.82) is 0 Å². The summed E-state index contributed by atoms with van der Waals surface area (Å²) in [6.07, 6.45) is 4.94. The van der Waals surface area contributed by atoms with Crippen LogP contribution < -0.4 is 10.6 Å². The van der Waals surface area contributed by atoms with Gasteiger partial charge < -0.3 is 10.6 Å². The molecule has 28 heavy (non-hydrogen) atoms. The second-order valence-corrected chi connectivity index (χ2v) is 8.32. The molecule has 3 rings (SSSR count). The van der Waals surface area contributed by atoms with Crippen LogP contribution in [0.3, 0.4) is 0 Å². The number of likely N-dealkylation sites (N-methyl/N-ethyl adjacent to an activating group) is 1. The Labute approximate surface area is 171 Å². The zero-order valence-electron chi connectivity index (χ0n) is 18.0. The lowest BCUT2D eigenvalue weighted by atomic mass is 9.97. The Bertz CT molecular complexity index is 602. The van der Waals surface area contributed by atoms with E-state index in [0.717, 1.165) is 38.7 Å². The summed E-state index contributed by atoms with van der Waals surface area (Å²) in [6, 6.07) is 12.5. The smallest absolute Gasteiger partial charge is 0.191 e. The number of nitrogens with zero attached hydrogens (tertiary/aromatic N) is 3. The lowest BCUT2D eigenvalue weighted by Gasteiger charge is -2.38. The molecule has 2 N–H and O–H groups in total. The molecule has 0 aromatic heterocycles. The maximum atomic E-state index is 4.94. The molecular weight excluding hydrogens is 346 g/mol. The van der Waals surface area contributed by atoms with E-state index >= 15 is 0 Å². The first kappa shape index (κ1) is 21.1. The highest BCUT2D eigenvalue weighted by Crippen LogP contribution is 2.20. The highest BCUT2D eigenvalue weighted by molar-refractivity contribution is 5.80. The van der Waals surface area contributed by atoms with Gasteiger partial charge in [0.2, 0.25) is 0 Å². The molecule has 0 bridgehead atoms. The van der Waals surface area contributed by atoms with Gasteiger partial charge in [-0.3, -0.25) is 14.8 Å². The summed E-state index contributed by atoms with van der Waals surface area (Å²) < 4.78 is 0. The van der Waals surface area contributed by atoms with Gasteiger partial charge in [0, 0.05) is 37.8 Å². The zero-order chi connectivity index (χ0) is 19.8. The van der Waals surface area contributed by atoms with E-state index in [4.69, 9.17) is 4.99 Å². The van der Waals surface area contributed by atoms with Crippen molar-refractivity contribution in [3.05, 3.63) is 35.9 Å². The molecule has 0 amide bonds. The lowest BCUT2D eigenvalue weighted by molar-refractivity contribution is 0.134. The average molecular weight is 386 g/mol. The molecule has 0 aliphatic carbocycles. The van der Waals surface area contributed by atoms with Gasteiger partial charge in [0.15, 0.2) is 5.96 Å². The summed E-state index contributed by atoms with van der Waals surface area (Å²) in [4.78, 5) is 10.1. The molecule has 2 heterocycles. The predicted octanol–water partition coefficient (Wildman–Crippen LogP) is 3.08. The number of aliphatic imine (C=N–C) groups is 1.